The summed E-state index contributed by atoms with van der Waals surface area (Å²) in [6, 6.07) is 3.92. The van der Waals surface area contributed by atoms with Crippen LogP contribution in [0, 0.1) is 5.92 Å². The maximum absolute atomic E-state index is 12.4. The van der Waals surface area contributed by atoms with Gasteiger partial charge >= 0.3 is 0 Å². The van der Waals surface area contributed by atoms with Crippen molar-refractivity contribution in [3.8, 4) is 0 Å². The minimum atomic E-state index is 0. The van der Waals surface area contributed by atoms with E-state index in [0.717, 1.165) is 24.1 Å². The molecule has 1 aliphatic carbocycles. The number of nitrogens with two attached hydrogens (primary N) is 1. The molecule has 3 rings (SSSR count). The van der Waals surface area contributed by atoms with Crippen LogP contribution in [0.4, 0.5) is 0 Å². The van der Waals surface area contributed by atoms with Gasteiger partial charge in [-0.05, 0) is 30.7 Å². The zero-order valence-electron chi connectivity index (χ0n) is 12.4. The summed E-state index contributed by atoms with van der Waals surface area (Å²) in [4.78, 5) is 29.2. The number of thiophene rings is 1. The van der Waals surface area contributed by atoms with E-state index in [1.807, 2.05) is 27.3 Å². The number of hydrogen-bond acceptors (Lipinski definition) is 4. The first-order valence-corrected chi connectivity index (χ1v) is 8.40. The lowest BCUT2D eigenvalue weighted by Gasteiger charge is -2.35. The minimum Gasteiger partial charge on any atom is -0.339 e. The van der Waals surface area contributed by atoms with Gasteiger partial charge < -0.3 is 15.5 Å². The first-order chi connectivity index (χ1) is 10.1. The highest BCUT2D eigenvalue weighted by Gasteiger charge is 2.33. The van der Waals surface area contributed by atoms with Crippen LogP contribution in [-0.4, -0.2) is 53.8 Å². The lowest BCUT2D eigenvalue weighted by molar-refractivity contribution is -0.136. The standard InChI is InChI=1S/C15H21N3O2S.ClH/c16-12-4-3-11(10-12)14(19)17-5-7-18(8-6-17)15(20)13-2-1-9-21-13;/h1-2,9,11-12H,3-8,10,16H2;1H. The molecule has 2 unspecified atom stereocenters. The van der Waals surface area contributed by atoms with Crippen LogP contribution in [-0.2, 0) is 4.79 Å². The molecular weight excluding hydrogens is 322 g/mol. The topological polar surface area (TPSA) is 66.6 Å². The Labute approximate surface area is 140 Å². The Morgan fingerprint density at radius 1 is 1.14 bits per heavy atom. The third-order valence-electron chi connectivity index (χ3n) is 4.43. The first kappa shape index (κ1) is 17.2. The molecule has 1 aliphatic heterocycles. The third-order valence-corrected chi connectivity index (χ3v) is 5.29. The number of piperazine rings is 1. The summed E-state index contributed by atoms with van der Waals surface area (Å²) >= 11 is 1.47. The molecule has 0 aromatic carbocycles. The SMILES string of the molecule is Cl.NC1CCC(C(=O)N2CCN(C(=O)c3cccs3)CC2)C1. The number of carbonyl (C=O) groups is 2. The molecule has 2 atom stereocenters. The molecule has 2 aliphatic rings. The van der Waals surface area contributed by atoms with Gasteiger partial charge in [-0.1, -0.05) is 6.07 Å². The number of carbonyl (C=O) groups excluding carboxylic acids is 2. The Hall–Kier alpha value is -1.11. The number of hydrogen-bond donors (Lipinski definition) is 1. The van der Waals surface area contributed by atoms with Crippen molar-refractivity contribution >= 4 is 35.6 Å². The highest BCUT2D eigenvalue weighted by Crippen LogP contribution is 2.26. The van der Waals surface area contributed by atoms with Gasteiger partial charge in [-0.2, -0.15) is 0 Å². The smallest absolute Gasteiger partial charge is 0.264 e. The van der Waals surface area contributed by atoms with Gasteiger partial charge in [-0.3, -0.25) is 9.59 Å². The second kappa shape index (κ2) is 7.44. The van der Waals surface area contributed by atoms with Gasteiger partial charge in [0.05, 0.1) is 4.88 Å². The van der Waals surface area contributed by atoms with E-state index in [0.29, 0.717) is 26.2 Å². The van der Waals surface area contributed by atoms with Crippen molar-refractivity contribution in [3.63, 3.8) is 0 Å². The molecule has 0 radical (unpaired) electrons. The van der Waals surface area contributed by atoms with Crippen molar-refractivity contribution in [1.29, 1.82) is 0 Å². The maximum atomic E-state index is 12.4. The maximum Gasteiger partial charge on any atom is 0.264 e. The van der Waals surface area contributed by atoms with E-state index < -0.39 is 0 Å². The number of halogens is 1. The highest BCUT2D eigenvalue weighted by molar-refractivity contribution is 7.12. The molecule has 122 valence electrons. The van der Waals surface area contributed by atoms with Gasteiger partial charge in [0.2, 0.25) is 5.91 Å². The molecular formula is C15H22ClN3O2S. The Morgan fingerprint density at radius 2 is 1.82 bits per heavy atom. The fourth-order valence-corrected chi connectivity index (χ4v) is 3.88. The fraction of sp³-hybridized carbons (Fsp3) is 0.600. The van der Waals surface area contributed by atoms with Gasteiger partial charge in [0.1, 0.15) is 0 Å². The molecule has 1 saturated heterocycles. The molecule has 7 heteroatoms. The van der Waals surface area contributed by atoms with Crippen LogP contribution >= 0.6 is 23.7 Å². The van der Waals surface area contributed by atoms with Crippen LogP contribution in [0.3, 0.4) is 0 Å². The van der Waals surface area contributed by atoms with Crippen molar-refractivity contribution < 1.29 is 9.59 Å². The lowest BCUT2D eigenvalue weighted by atomic mass is 10.1. The number of rotatable bonds is 2. The van der Waals surface area contributed by atoms with Crippen LogP contribution in [0.15, 0.2) is 17.5 Å². The summed E-state index contributed by atoms with van der Waals surface area (Å²) in [6.07, 6.45) is 2.68. The fourth-order valence-electron chi connectivity index (χ4n) is 3.18. The van der Waals surface area contributed by atoms with Crippen molar-refractivity contribution in [3.05, 3.63) is 22.4 Å². The molecule has 22 heavy (non-hydrogen) atoms. The van der Waals surface area contributed by atoms with Gasteiger partial charge in [0.25, 0.3) is 5.91 Å². The molecule has 2 N–H and O–H groups in total. The van der Waals surface area contributed by atoms with E-state index in [-0.39, 0.29) is 36.2 Å². The zero-order valence-corrected chi connectivity index (χ0v) is 14.1. The third kappa shape index (κ3) is 3.62. The van der Waals surface area contributed by atoms with E-state index in [1.165, 1.54) is 11.3 Å². The van der Waals surface area contributed by atoms with Crippen LogP contribution in [0.1, 0.15) is 28.9 Å². The van der Waals surface area contributed by atoms with Crippen molar-refractivity contribution in [2.45, 2.75) is 25.3 Å². The van der Waals surface area contributed by atoms with Crippen molar-refractivity contribution in [2.75, 3.05) is 26.2 Å². The molecule has 1 saturated carbocycles. The molecule has 5 nitrogen and oxygen atoms in total. The summed E-state index contributed by atoms with van der Waals surface area (Å²) in [6.45, 7) is 2.53. The van der Waals surface area contributed by atoms with Gasteiger partial charge in [0, 0.05) is 38.1 Å². The van der Waals surface area contributed by atoms with E-state index in [4.69, 9.17) is 5.73 Å². The zero-order chi connectivity index (χ0) is 14.8. The molecule has 2 fully saturated rings. The van der Waals surface area contributed by atoms with Gasteiger partial charge in [-0.25, -0.2) is 0 Å². The number of nitrogens with zero attached hydrogens (tertiary/aromatic N) is 2. The Morgan fingerprint density at radius 3 is 2.36 bits per heavy atom. The van der Waals surface area contributed by atoms with Gasteiger partial charge in [-0.15, -0.1) is 23.7 Å². The Kier molecular flexibility index (Phi) is 5.83. The molecule has 1 aromatic heterocycles. The average Bonchev–Trinajstić information content (AvgIpc) is 3.17. The summed E-state index contributed by atoms with van der Waals surface area (Å²) in [5.41, 5.74) is 5.89. The summed E-state index contributed by atoms with van der Waals surface area (Å²) in [7, 11) is 0. The van der Waals surface area contributed by atoms with E-state index in [1.54, 1.807) is 0 Å². The molecule has 0 spiro atoms. The lowest BCUT2D eigenvalue weighted by Crippen LogP contribution is -2.51. The van der Waals surface area contributed by atoms with E-state index in [9.17, 15) is 9.59 Å². The predicted molar refractivity (Wildman–Crippen MR) is 89.4 cm³/mol. The monoisotopic (exact) mass is 343 g/mol. The molecule has 0 bridgehead atoms. The summed E-state index contributed by atoms with van der Waals surface area (Å²) in [5, 5.41) is 1.91. The summed E-state index contributed by atoms with van der Waals surface area (Å²) in [5.74, 6) is 0.408. The molecule has 1 aromatic rings. The van der Waals surface area contributed by atoms with Crippen LogP contribution in [0.5, 0.6) is 0 Å². The van der Waals surface area contributed by atoms with Crippen LogP contribution < -0.4 is 5.73 Å². The van der Waals surface area contributed by atoms with Crippen LogP contribution in [0.2, 0.25) is 0 Å². The van der Waals surface area contributed by atoms with Crippen molar-refractivity contribution in [1.82, 2.24) is 9.80 Å². The quantitative estimate of drug-likeness (QED) is 0.886. The second-order valence-electron chi connectivity index (χ2n) is 5.86. The normalized spacial score (nSPS) is 25.0. The first-order valence-electron chi connectivity index (χ1n) is 7.52. The predicted octanol–water partition coefficient (Wildman–Crippen LogP) is 1.58. The second-order valence-corrected chi connectivity index (χ2v) is 6.81. The van der Waals surface area contributed by atoms with Gasteiger partial charge in [0.15, 0.2) is 0 Å². The Balaban J connectivity index is 0.00000176. The largest absolute Gasteiger partial charge is 0.339 e. The van der Waals surface area contributed by atoms with E-state index in [2.05, 4.69) is 0 Å². The number of amides is 2. The minimum absolute atomic E-state index is 0. The Bertz CT molecular complexity index is 515. The molecule has 2 heterocycles. The molecule has 2 amide bonds. The van der Waals surface area contributed by atoms with E-state index >= 15 is 0 Å². The average molecular weight is 344 g/mol. The van der Waals surface area contributed by atoms with Crippen LogP contribution in [0.25, 0.3) is 0 Å². The summed E-state index contributed by atoms with van der Waals surface area (Å²) < 4.78 is 0. The highest BCUT2D eigenvalue weighted by atomic mass is 35.5. The van der Waals surface area contributed by atoms with Crippen molar-refractivity contribution in [2.24, 2.45) is 11.7 Å².